The van der Waals surface area contributed by atoms with Crippen molar-refractivity contribution in [2.24, 2.45) is 0 Å². The molecule has 28 heavy (non-hydrogen) atoms. The molecule has 1 spiro atoms. The summed E-state index contributed by atoms with van der Waals surface area (Å²) in [5.41, 5.74) is 4.11. The van der Waals surface area contributed by atoms with Crippen molar-refractivity contribution in [2.75, 3.05) is 13.1 Å². The molecule has 1 atom stereocenters. The average Bonchev–Trinajstić information content (AvgIpc) is 3.36. The second-order valence-corrected chi connectivity index (χ2v) is 7.86. The molecule has 0 amide bonds. The molecule has 0 bridgehead atoms. The fourth-order valence-electron chi connectivity index (χ4n) is 4.43. The van der Waals surface area contributed by atoms with Gasteiger partial charge >= 0.3 is 5.69 Å². The van der Waals surface area contributed by atoms with Crippen molar-refractivity contribution in [1.29, 1.82) is 0 Å². The molecule has 0 aliphatic carbocycles. The largest absolute Gasteiger partial charge is 0.364 e. The first-order valence-electron chi connectivity index (χ1n) is 9.66. The molecule has 1 aromatic carbocycles. The van der Waals surface area contributed by atoms with Gasteiger partial charge in [-0.1, -0.05) is 18.2 Å². The maximum atomic E-state index is 12.0. The lowest BCUT2D eigenvalue weighted by Crippen LogP contribution is -2.46. The highest BCUT2D eigenvalue weighted by atomic mass is 16.5. The number of fused-ring (bicyclic) bond motifs is 1. The molecule has 146 valence electrons. The Morgan fingerprint density at radius 2 is 2.04 bits per heavy atom. The van der Waals surface area contributed by atoms with Crippen LogP contribution in [0.5, 0.6) is 0 Å². The Labute approximate surface area is 162 Å². The number of hydrogen-bond acceptors (Lipinski definition) is 5. The van der Waals surface area contributed by atoms with Crippen LogP contribution >= 0.6 is 0 Å². The fourth-order valence-corrected chi connectivity index (χ4v) is 4.43. The van der Waals surface area contributed by atoms with Crippen molar-refractivity contribution in [3.63, 3.8) is 0 Å². The molecule has 0 radical (unpaired) electrons. The molecule has 1 fully saturated rings. The number of aromatic amines is 1. The summed E-state index contributed by atoms with van der Waals surface area (Å²) in [6.45, 7) is 7.73. The molecule has 4 heterocycles. The quantitative estimate of drug-likeness (QED) is 0.746. The highest BCUT2D eigenvalue weighted by Crippen LogP contribution is 2.32. The van der Waals surface area contributed by atoms with Gasteiger partial charge < -0.3 is 4.74 Å². The summed E-state index contributed by atoms with van der Waals surface area (Å²) >= 11 is 0. The normalized spacial score (nSPS) is 22.1. The van der Waals surface area contributed by atoms with Gasteiger partial charge in [0.15, 0.2) is 5.82 Å². The molecule has 2 aromatic heterocycles. The molecule has 1 N–H and O–H groups in total. The minimum atomic E-state index is -0.308. The highest BCUT2D eigenvalue weighted by Gasteiger charge is 2.43. The first-order chi connectivity index (χ1) is 13.5. The van der Waals surface area contributed by atoms with Gasteiger partial charge in [-0.05, 0) is 32.4 Å². The lowest BCUT2D eigenvalue weighted by Gasteiger charge is -2.33. The third-order valence-corrected chi connectivity index (χ3v) is 6.01. The molecule has 2 aliphatic rings. The van der Waals surface area contributed by atoms with Crippen LogP contribution in [0.15, 0.2) is 35.1 Å². The van der Waals surface area contributed by atoms with Crippen LogP contribution in [0.25, 0.3) is 5.69 Å². The molecule has 2 aliphatic heterocycles. The minimum Gasteiger partial charge on any atom is -0.364 e. The second-order valence-electron chi connectivity index (χ2n) is 7.86. The number of nitrogens with zero attached hydrogens (tertiary/aromatic N) is 5. The summed E-state index contributed by atoms with van der Waals surface area (Å²) in [4.78, 5) is 14.4. The van der Waals surface area contributed by atoms with E-state index in [1.165, 1.54) is 11.3 Å². The van der Waals surface area contributed by atoms with Crippen LogP contribution in [0.2, 0.25) is 0 Å². The molecule has 8 heteroatoms. The van der Waals surface area contributed by atoms with E-state index in [-0.39, 0.29) is 11.3 Å². The van der Waals surface area contributed by atoms with E-state index in [1.54, 1.807) is 4.57 Å². The summed E-state index contributed by atoms with van der Waals surface area (Å²) in [5.74, 6) is 0.685. The lowest BCUT2D eigenvalue weighted by atomic mass is 10.0. The standard InChI is InChI=1S/C20H24N6O2/c1-14-17(15(2)26(23-14)16-6-4-3-5-7-16)10-24-9-8-20(12-24)13-25-18(11-28-20)21-22-19(25)27/h3-7H,8-13H2,1-2H3,(H,22,27). The van der Waals surface area contributed by atoms with Gasteiger partial charge in [0.05, 0.1) is 17.9 Å². The number of para-hydroxylation sites is 1. The highest BCUT2D eigenvalue weighted by molar-refractivity contribution is 5.37. The first-order valence-corrected chi connectivity index (χ1v) is 9.66. The average molecular weight is 380 g/mol. The summed E-state index contributed by atoms with van der Waals surface area (Å²) in [6, 6.07) is 10.2. The number of aromatic nitrogens is 5. The van der Waals surface area contributed by atoms with Crippen LogP contribution in [-0.2, 0) is 24.4 Å². The summed E-state index contributed by atoms with van der Waals surface area (Å²) < 4.78 is 9.90. The SMILES string of the molecule is Cc1nn(-c2ccccc2)c(C)c1CN1CCC2(C1)Cn1c(n[nH]c1=O)CO2. The van der Waals surface area contributed by atoms with Crippen molar-refractivity contribution in [3.05, 3.63) is 63.6 Å². The van der Waals surface area contributed by atoms with Gasteiger partial charge in [0.2, 0.25) is 0 Å². The Bertz CT molecular complexity index is 1070. The Hall–Kier alpha value is -2.71. The number of rotatable bonds is 3. The third kappa shape index (κ3) is 2.80. The van der Waals surface area contributed by atoms with Crippen LogP contribution in [0.4, 0.5) is 0 Å². The third-order valence-electron chi connectivity index (χ3n) is 6.01. The van der Waals surface area contributed by atoms with Gasteiger partial charge in [-0.2, -0.15) is 10.2 Å². The summed E-state index contributed by atoms with van der Waals surface area (Å²) in [7, 11) is 0. The molecule has 1 saturated heterocycles. The molecule has 3 aromatic rings. The van der Waals surface area contributed by atoms with Gasteiger partial charge in [-0.3, -0.25) is 9.47 Å². The Balaban J connectivity index is 1.35. The van der Waals surface area contributed by atoms with E-state index >= 15 is 0 Å². The van der Waals surface area contributed by atoms with Gasteiger partial charge in [-0.15, -0.1) is 0 Å². The van der Waals surface area contributed by atoms with Crippen LogP contribution in [0.1, 0.15) is 29.2 Å². The number of aryl methyl sites for hydroxylation is 1. The maximum Gasteiger partial charge on any atom is 0.343 e. The molecule has 5 rings (SSSR count). The number of likely N-dealkylation sites (tertiary alicyclic amines) is 1. The van der Waals surface area contributed by atoms with E-state index in [2.05, 4.69) is 41.1 Å². The predicted molar refractivity (Wildman–Crippen MR) is 103 cm³/mol. The minimum absolute atomic E-state index is 0.146. The van der Waals surface area contributed by atoms with Gasteiger partial charge in [-0.25, -0.2) is 14.6 Å². The van der Waals surface area contributed by atoms with E-state index in [0.29, 0.717) is 19.0 Å². The molecule has 1 unspecified atom stereocenters. The summed E-state index contributed by atoms with van der Waals surface area (Å²) in [5, 5.41) is 11.3. The van der Waals surface area contributed by atoms with E-state index in [1.807, 2.05) is 22.9 Å². The van der Waals surface area contributed by atoms with Crippen molar-refractivity contribution in [1.82, 2.24) is 29.4 Å². The fraction of sp³-hybridized carbons (Fsp3) is 0.450. The molecular formula is C20H24N6O2. The van der Waals surface area contributed by atoms with E-state index in [9.17, 15) is 4.79 Å². The zero-order valence-electron chi connectivity index (χ0n) is 16.2. The van der Waals surface area contributed by atoms with Crippen LogP contribution < -0.4 is 5.69 Å². The Morgan fingerprint density at radius 3 is 2.86 bits per heavy atom. The van der Waals surface area contributed by atoms with Crippen LogP contribution in [0.3, 0.4) is 0 Å². The zero-order chi connectivity index (χ0) is 19.3. The maximum absolute atomic E-state index is 12.0. The first kappa shape index (κ1) is 17.4. The van der Waals surface area contributed by atoms with Crippen molar-refractivity contribution in [3.8, 4) is 5.69 Å². The van der Waals surface area contributed by atoms with Gasteiger partial charge in [0, 0.05) is 30.9 Å². The molecule has 0 saturated carbocycles. The Morgan fingerprint density at radius 1 is 1.21 bits per heavy atom. The van der Waals surface area contributed by atoms with Gasteiger partial charge in [0.25, 0.3) is 0 Å². The Kier molecular flexibility index (Phi) is 3.99. The summed E-state index contributed by atoms with van der Waals surface area (Å²) in [6.07, 6.45) is 0.912. The number of nitrogens with one attached hydrogen (secondary N) is 1. The van der Waals surface area contributed by atoms with Gasteiger partial charge in [0.1, 0.15) is 12.2 Å². The number of benzene rings is 1. The van der Waals surface area contributed by atoms with E-state index < -0.39 is 0 Å². The van der Waals surface area contributed by atoms with E-state index in [0.717, 1.165) is 37.4 Å². The zero-order valence-corrected chi connectivity index (χ0v) is 16.2. The predicted octanol–water partition coefficient (Wildman–Crippen LogP) is 1.55. The molecule has 8 nitrogen and oxygen atoms in total. The van der Waals surface area contributed by atoms with Crippen molar-refractivity contribution < 1.29 is 4.74 Å². The van der Waals surface area contributed by atoms with Crippen molar-refractivity contribution >= 4 is 0 Å². The van der Waals surface area contributed by atoms with Crippen LogP contribution in [-0.4, -0.2) is 48.1 Å². The molecular weight excluding hydrogens is 356 g/mol. The monoisotopic (exact) mass is 380 g/mol. The smallest absolute Gasteiger partial charge is 0.343 e. The topological polar surface area (TPSA) is 81.0 Å². The number of H-pyrrole nitrogens is 1. The second kappa shape index (κ2) is 6.42. The van der Waals surface area contributed by atoms with Crippen LogP contribution in [0, 0.1) is 13.8 Å². The van der Waals surface area contributed by atoms with Crippen molar-refractivity contribution in [2.45, 2.75) is 45.6 Å². The number of ether oxygens (including phenoxy) is 1. The lowest BCUT2D eigenvalue weighted by molar-refractivity contribution is -0.0832. The number of hydrogen-bond donors (Lipinski definition) is 1. The van der Waals surface area contributed by atoms with E-state index in [4.69, 9.17) is 9.84 Å².